The number of carbonyl (C=O) groups is 2. The number of benzene rings is 2. The number of carbonyl (C=O) groups excluding carboxylic acids is 2. The lowest BCUT2D eigenvalue weighted by Crippen LogP contribution is -2.47. The van der Waals surface area contributed by atoms with Crippen LogP contribution in [0, 0.1) is 0 Å². The van der Waals surface area contributed by atoms with E-state index in [0.29, 0.717) is 18.7 Å². The van der Waals surface area contributed by atoms with Crippen LogP contribution in [-0.4, -0.2) is 49.8 Å². The van der Waals surface area contributed by atoms with Gasteiger partial charge in [0.2, 0.25) is 21.8 Å². The number of ether oxygens (including phenoxy) is 1. The normalized spacial score (nSPS) is 12.0. The minimum atomic E-state index is -3.54. The molecule has 0 saturated heterocycles. The largest absolute Gasteiger partial charge is 0.497 e. The third kappa shape index (κ3) is 8.12. The molecule has 0 spiro atoms. The zero-order chi connectivity index (χ0) is 27.5. The minimum absolute atomic E-state index is 0.160. The molecule has 3 aromatic rings. The maximum absolute atomic E-state index is 13.4. The summed E-state index contributed by atoms with van der Waals surface area (Å²) >= 11 is 0. The fourth-order valence-electron chi connectivity index (χ4n) is 3.84. The van der Waals surface area contributed by atoms with Crippen molar-refractivity contribution in [1.82, 2.24) is 19.9 Å². The van der Waals surface area contributed by atoms with Crippen LogP contribution in [0.4, 0.5) is 0 Å². The van der Waals surface area contributed by atoms with Crippen LogP contribution < -0.4 is 14.8 Å². The highest BCUT2D eigenvalue weighted by Crippen LogP contribution is 2.17. The second-order valence-electron chi connectivity index (χ2n) is 8.73. The number of hydrogen-bond acceptors (Lipinski definition) is 6. The molecule has 10 heteroatoms. The number of nitrogens with one attached hydrogen (secondary N) is 2. The van der Waals surface area contributed by atoms with Crippen molar-refractivity contribution in [1.29, 1.82) is 0 Å². The van der Waals surface area contributed by atoms with E-state index in [0.717, 1.165) is 16.8 Å². The van der Waals surface area contributed by atoms with Crippen molar-refractivity contribution in [2.75, 3.05) is 13.7 Å². The second-order valence-corrected chi connectivity index (χ2v) is 10.5. The molecule has 1 unspecified atom stereocenters. The van der Waals surface area contributed by atoms with E-state index >= 15 is 0 Å². The van der Waals surface area contributed by atoms with Gasteiger partial charge < -0.3 is 15.0 Å². The Morgan fingerprint density at radius 2 is 1.68 bits per heavy atom. The predicted octanol–water partition coefficient (Wildman–Crippen LogP) is 3.05. The van der Waals surface area contributed by atoms with Crippen LogP contribution >= 0.6 is 0 Å². The van der Waals surface area contributed by atoms with Gasteiger partial charge in [0.1, 0.15) is 11.8 Å². The number of amides is 2. The van der Waals surface area contributed by atoms with Crippen LogP contribution in [0.5, 0.6) is 5.75 Å². The summed E-state index contributed by atoms with van der Waals surface area (Å²) in [6.07, 6.45) is 2.22. The first kappa shape index (κ1) is 28.8. The highest BCUT2D eigenvalue weighted by Gasteiger charge is 2.26. The first-order valence-corrected chi connectivity index (χ1v) is 13.9. The SMILES string of the molecule is CCNS(=O)(=O)c1ccc(CCC(=O)N(Cc2ccc(OC)cc2)C(C)C(=O)NCc2ccccn2)cc1. The highest BCUT2D eigenvalue weighted by atomic mass is 32.2. The predicted molar refractivity (Wildman–Crippen MR) is 145 cm³/mol. The summed E-state index contributed by atoms with van der Waals surface area (Å²) in [6, 6.07) is 18.6. The number of aryl methyl sites for hydroxylation is 1. The molecular formula is C28H34N4O5S. The molecule has 0 aliphatic rings. The average Bonchev–Trinajstić information content (AvgIpc) is 2.94. The molecule has 2 N–H and O–H groups in total. The van der Waals surface area contributed by atoms with E-state index in [1.807, 2.05) is 36.4 Å². The van der Waals surface area contributed by atoms with Gasteiger partial charge in [0.05, 0.1) is 24.2 Å². The Balaban J connectivity index is 1.70. The third-order valence-corrected chi connectivity index (χ3v) is 7.61. The first-order chi connectivity index (χ1) is 18.2. The van der Waals surface area contributed by atoms with Crippen molar-refractivity contribution in [2.24, 2.45) is 0 Å². The lowest BCUT2D eigenvalue weighted by molar-refractivity contribution is -0.140. The molecule has 202 valence electrons. The molecule has 0 aliphatic heterocycles. The third-order valence-electron chi connectivity index (χ3n) is 6.04. The molecule has 1 heterocycles. The van der Waals surface area contributed by atoms with Crippen LogP contribution in [0.2, 0.25) is 0 Å². The summed E-state index contributed by atoms with van der Waals surface area (Å²) in [5.74, 6) is 0.230. The molecule has 2 aromatic carbocycles. The van der Waals surface area contributed by atoms with Gasteiger partial charge in [0.25, 0.3) is 0 Å². The molecule has 3 rings (SSSR count). The molecule has 0 aliphatic carbocycles. The fourth-order valence-corrected chi connectivity index (χ4v) is 4.88. The fraction of sp³-hybridized carbons (Fsp3) is 0.321. The molecule has 1 atom stereocenters. The monoisotopic (exact) mass is 538 g/mol. The Hall–Kier alpha value is -3.76. The van der Waals surface area contributed by atoms with Crippen LogP contribution in [-0.2, 0) is 39.1 Å². The summed E-state index contributed by atoms with van der Waals surface area (Å²) in [5.41, 5.74) is 2.41. The summed E-state index contributed by atoms with van der Waals surface area (Å²) in [4.78, 5) is 32.3. The van der Waals surface area contributed by atoms with E-state index < -0.39 is 16.1 Å². The summed E-state index contributed by atoms with van der Waals surface area (Å²) < 4.78 is 32.0. The minimum Gasteiger partial charge on any atom is -0.497 e. The first-order valence-electron chi connectivity index (χ1n) is 12.4. The van der Waals surface area contributed by atoms with Crippen LogP contribution in [0.3, 0.4) is 0 Å². The molecule has 9 nitrogen and oxygen atoms in total. The van der Waals surface area contributed by atoms with E-state index in [4.69, 9.17) is 4.74 Å². The Bertz CT molecular complexity index is 1300. The lowest BCUT2D eigenvalue weighted by Gasteiger charge is -2.29. The molecule has 0 fully saturated rings. The van der Waals surface area contributed by atoms with Crippen LogP contribution in [0.25, 0.3) is 0 Å². The number of sulfonamides is 1. The van der Waals surface area contributed by atoms with Crippen molar-refractivity contribution in [3.05, 3.63) is 89.7 Å². The van der Waals surface area contributed by atoms with Gasteiger partial charge in [-0.15, -0.1) is 0 Å². The van der Waals surface area contributed by atoms with Gasteiger partial charge in [0, 0.05) is 25.7 Å². The topological polar surface area (TPSA) is 118 Å². The Labute approximate surface area is 224 Å². The number of nitrogens with zero attached hydrogens (tertiary/aromatic N) is 2. The van der Waals surface area contributed by atoms with Gasteiger partial charge in [-0.2, -0.15) is 0 Å². The van der Waals surface area contributed by atoms with E-state index in [1.165, 1.54) is 12.1 Å². The summed E-state index contributed by atoms with van der Waals surface area (Å²) in [5, 5.41) is 2.86. The second kappa shape index (κ2) is 13.7. The lowest BCUT2D eigenvalue weighted by atomic mass is 10.1. The molecular weight excluding hydrogens is 504 g/mol. The van der Waals surface area contributed by atoms with Crippen molar-refractivity contribution in [2.45, 2.75) is 50.7 Å². The summed E-state index contributed by atoms with van der Waals surface area (Å²) in [6.45, 7) is 4.23. The number of pyridine rings is 1. The van der Waals surface area contributed by atoms with Crippen molar-refractivity contribution < 1.29 is 22.7 Å². The van der Waals surface area contributed by atoms with Gasteiger partial charge in [-0.05, 0) is 60.9 Å². The smallest absolute Gasteiger partial charge is 0.242 e. The molecule has 0 saturated carbocycles. The maximum atomic E-state index is 13.4. The van der Waals surface area contributed by atoms with Crippen molar-refractivity contribution in [3.8, 4) is 5.75 Å². The number of aromatic nitrogens is 1. The summed E-state index contributed by atoms with van der Waals surface area (Å²) in [7, 11) is -1.96. The van der Waals surface area contributed by atoms with Crippen molar-refractivity contribution in [3.63, 3.8) is 0 Å². The Kier molecular flexibility index (Phi) is 10.4. The number of methoxy groups -OCH3 is 1. The van der Waals surface area contributed by atoms with Gasteiger partial charge in [-0.3, -0.25) is 14.6 Å². The zero-order valence-corrected chi connectivity index (χ0v) is 22.7. The molecule has 1 aromatic heterocycles. The van der Waals surface area contributed by atoms with E-state index in [9.17, 15) is 18.0 Å². The van der Waals surface area contributed by atoms with E-state index in [-0.39, 0.29) is 36.2 Å². The molecule has 2 amide bonds. The molecule has 38 heavy (non-hydrogen) atoms. The molecule has 0 bridgehead atoms. The molecule has 0 radical (unpaired) electrons. The van der Waals surface area contributed by atoms with Crippen molar-refractivity contribution >= 4 is 21.8 Å². The quantitative estimate of drug-likeness (QED) is 0.345. The number of rotatable bonds is 13. The van der Waals surface area contributed by atoms with Gasteiger partial charge in [-0.1, -0.05) is 37.3 Å². The van der Waals surface area contributed by atoms with Crippen LogP contribution in [0.1, 0.15) is 37.1 Å². The average molecular weight is 539 g/mol. The zero-order valence-electron chi connectivity index (χ0n) is 21.9. The highest BCUT2D eigenvalue weighted by molar-refractivity contribution is 7.89. The van der Waals surface area contributed by atoms with E-state index in [2.05, 4.69) is 15.0 Å². The van der Waals surface area contributed by atoms with Crippen LogP contribution in [0.15, 0.2) is 77.8 Å². The Morgan fingerprint density at radius 1 is 1.00 bits per heavy atom. The standard InChI is InChI=1S/C28H34N4O5S/c1-4-31-38(35,36)26-15-10-22(11-16-26)12-17-27(33)32(20-23-8-13-25(37-3)14-9-23)21(2)28(34)30-19-24-7-5-6-18-29-24/h5-11,13-16,18,21,31H,4,12,17,19-20H2,1-3H3,(H,30,34). The Morgan fingerprint density at radius 3 is 2.29 bits per heavy atom. The van der Waals surface area contributed by atoms with Gasteiger partial charge >= 0.3 is 0 Å². The van der Waals surface area contributed by atoms with Gasteiger partial charge in [-0.25, -0.2) is 13.1 Å². The van der Waals surface area contributed by atoms with E-state index in [1.54, 1.807) is 50.3 Å². The number of hydrogen-bond donors (Lipinski definition) is 2. The maximum Gasteiger partial charge on any atom is 0.242 e. The van der Waals surface area contributed by atoms with Gasteiger partial charge in [0.15, 0.2) is 0 Å².